The van der Waals surface area contributed by atoms with E-state index in [1.807, 2.05) is 19.9 Å². The van der Waals surface area contributed by atoms with Crippen LogP contribution in [-0.2, 0) is 0 Å². The van der Waals surface area contributed by atoms with Gasteiger partial charge < -0.3 is 22.0 Å². The van der Waals surface area contributed by atoms with Crippen LogP contribution in [0.15, 0.2) is 10.5 Å². The van der Waals surface area contributed by atoms with Crippen molar-refractivity contribution in [3.8, 4) is 5.75 Å². The molecular formula is C15H19BrClNO2. The maximum atomic E-state index is 12.7. The standard InChI is InChI=1S/C15H18BrNO2.ClH/c1-9-10(2)15-11(7-12(9)16)14(18)13(8-19-15)17-5-3-4-6-17;/h7,13H,3-6,8H2,1-2H3;1H. The van der Waals surface area contributed by atoms with E-state index in [0.717, 1.165) is 40.0 Å². The monoisotopic (exact) mass is 359 g/mol. The van der Waals surface area contributed by atoms with Gasteiger partial charge in [-0.3, -0.25) is 4.79 Å². The van der Waals surface area contributed by atoms with Gasteiger partial charge in [0.2, 0.25) is 5.78 Å². The highest BCUT2D eigenvalue weighted by Gasteiger charge is 2.38. The Balaban J connectivity index is 0.00000147. The molecule has 0 aliphatic carbocycles. The molecule has 0 spiro atoms. The van der Waals surface area contributed by atoms with Crippen molar-refractivity contribution in [1.29, 1.82) is 0 Å². The first-order valence-corrected chi connectivity index (χ1v) is 7.70. The summed E-state index contributed by atoms with van der Waals surface area (Å²) in [4.78, 5) is 14.1. The first kappa shape index (κ1) is 15.8. The minimum atomic E-state index is -0.0102. The smallest absolute Gasteiger partial charge is 0.227 e. The van der Waals surface area contributed by atoms with E-state index in [4.69, 9.17) is 4.74 Å². The van der Waals surface area contributed by atoms with Crippen LogP contribution in [0.25, 0.3) is 0 Å². The van der Waals surface area contributed by atoms with Gasteiger partial charge in [-0.05, 0) is 31.0 Å². The lowest BCUT2D eigenvalue weighted by Gasteiger charge is -2.29. The maximum absolute atomic E-state index is 12.7. The van der Waals surface area contributed by atoms with E-state index >= 15 is 0 Å². The van der Waals surface area contributed by atoms with Gasteiger partial charge in [-0.2, -0.15) is 0 Å². The highest BCUT2D eigenvalue weighted by molar-refractivity contribution is 9.10. The van der Waals surface area contributed by atoms with Gasteiger partial charge in [0, 0.05) is 17.3 Å². The fourth-order valence-electron chi connectivity index (χ4n) is 3.13. The number of carbonyl (C=O) groups is 1. The van der Waals surface area contributed by atoms with Crippen LogP contribution in [-0.4, -0.2) is 31.5 Å². The van der Waals surface area contributed by atoms with Crippen molar-refractivity contribution >= 4 is 21.7 Å². The molecule has 3 rings (SSSR count). The van der Waals surface area contributed by atoms with Crippen molar-refractivity contribution in [1.82, 2.24) is 0 Å². The van der Waals surface area contributed by atoms with Gasteiger partial charge in [-0.1, -0.05) is 15.9 Å². The molecule has 1 saturated heterocycles. The van der Waals surface area contributed by atoms with Crippen LogP contribution in [0.3, 0.4) is 0 Å². The minimum Gasteiger partial charge on any atom is -1.00 e. The molecule has 0 saturated carbocycles. The Morgan fingerprint density at radius 1 is 1.25 bits per heavy atom. The minimum absolute atomic E-state index is 0. The Morgan fingerprint density at radius 2 is 1.90 bits per heavy atom. The topological polar surface area (TPSA) is 30.7 Å². The van der Waals surface area contributed by atoms with E-state index < -0.39 is 0 Å². The summed E-state index contributed by atoms with van der Waals surface area (Å²) < 4.78 is 6.92. The summed E-state index contributed by atoms with van der Waals surface area (Å²) in [5.41, 5.74) is 2.98. The molecule has 2 heterocycles. The highest BCUT2D eigenvalue weighted by atomic mass is 79.9. The van der Waals surface area contributed by atoms with Gasteiger partial charge in [0.05, 0.1) is 18.7 Å². The van der Waals surface area contributed by atoms with Crippen LogP contribution in [0.2, 0.25) is 0 Å². The summed E-state index contributed by atoms with van der Waals surface area (Å²) >= 11 is 3.54. The van der Waals surface area contributed by atoms with Gasteiger partial charge >= 0.3 is 0 Å². The number of ketones is 1. The van der Waals surface area contributed by atoms with Gasteiger partial charge in [0.1, 0.15) is 12.4 Å². The normalized spacial score (nSPS) is 22.1. The second-order valence-electron chi connectivity index (χ2n) is 5.58. The Labute approximate surface area is 134 Å². The lowest BCUT2D eigenvalue weighted by atomic mass is 9.95. The van der Waals surface area contributed by atoms with Gasteiger partial charge in [0.25, 0.3) is 0 Å². The number of likely N-dealkylation sites (tertiary alicyclic amines) is 1. The quantitative estimate of drug-likeness (QED) is 0.674. The molecule has 2 aliphatic heterocycles. The number of hydrogen-bond acceptors (Lipinski definition) is 2. The third kappa shape index (κ3) is 2.49. The summed E-state index contributed by atoms with van der Waals surface area (Å²) in [7, 11) is 0. The molecule has 0 aromatic heterocycles. The molecule has 0 bridgehead atoms. The van der Waals surface area contributed by atoms with Crippen molar-refractivity contribution in [2.75, 3.05) is 19.7 Å². The van der Waals surface area contributed by atoms with Gasteiger partial charge in [-0.15, -0.1) is 0 Å². The highest BCUT2D eigenvalue weighted by Crippen LogP contribution is 2.34. The molecule has 1 aromatic rings. The zero-order chi connectivity index (χ0) is 13.6. The van der Waals surface area contributed by atoms with E-state index in [0.29, 0.717) is 6.61 Å². The molecular weight excluding hydrogens is 342 g/mol. The summed E-state index contributed by atoms with van der Waals surface area (Å²) in [6, 6.07) is 1.92. The van der Waals surface area contributed by atoms with Gasteiger partial charge in [-0.25, -0.2) is 0 Å². The van der Waals surface area contributed by atoms with Gasteiger partial charge in [0.15, 0.2) is 6.04 Å². The Morgan fingerprint density at radius 3 is 2.55 bits per heavy atom. The number of quaternary nitrogens is 1. The van der Waals surface area contributed by atoms with E-state index in [2.05, 4.69) is 15.9 Å². The lowest BCUT2D eigenvalue weighted by molar-refractivity contribution is -0.903. The number of Topliss-reactive ketones (excluding diaryl/α,β-unsaturated/α-hetero) is 1. The van der Waals surface area contributed by atoms with Crippen LogP contribution in [0.5, 0.6) is 5.75 Å². The van der Waals surface area contributed by atoms with E-state index in [9.17, 15) is 4.79 Å². The molecule has 1 N–H and O–H groups in total. The predicted octanol–water partition coefficient (Wildman–Crippen LogP) is -1.31. The number of halogens is 2. The second kappa shape index (κ2) is 6.04. The van der Waals surface area contributed by atoms with Crippen LogP contribution in [0.1, 0.15) is 34.3 Å². The van der Waals surface area contributed by atoms with Crippen LogP contribution in [0, 0.1) is 13.8 Å². The average molecular weight is 361 g/mol. The largest absolute Gasteiger partial charge is 1.00 e. The molecule has 0 amide bonds. The number of fused-ring (bicyclic) bond motifs is 1. The Kier molecular flexibility index (Phi) is 4.77. The van der Waals surface area contributed by atoms with Crippen molar-refractivity contribution < 1.29 is 26.8 Å². The third-order valence-corrected chi connectivity index (χ3v) is 5.32. The molecule has 3 nitrogen and oxygen atoms in total. The van der Waals surface area contributed by atoms with E-state index in [1.165, 1.54) is 17.7 Å². The van der Waals surface area contributed by atoms with Crippen molar-refractivity contribution in [2.24, 2.45) is 0 Å². The summed E-state index contributed by atoms with van der Waals surface area (Å²) in [6.07, 6.45) is 2.45. The zero-order valence-corrected chi connectivity index (χ0v) is 14.1. The van der Waals surface area contributed by atoms with Crippen LogP contribution < -0.4 is 22.0 Å². The number of rotatable bonds is 1. The number of carbonyl (C=O) groups excluding carboxylic acids is 1. The molecule has 2 aliphatic rings. The molecule has 110 valence electrons. The van der Waals surface area contributed by atoms with E-state index in [1.54, 1.807) is 0 Å². The van der Waals surface area contributed by atoms with Crippen molar-refractivity contribution in [3.63, 3.8) is 0 Å². The first-order chi connectivity index (χ1) is 9.09. The third-order valence-electron chi connectivity index (χ3n) is 4.49. The number of hydrogen-bond donors (Lipinski definition) is 1. The molecule has 20 heavy (non-hydrogen) atoms. The van der Waals surface area contributed by atoms with Crippen LogP contribution >= 0.6 is 15.9 Å². The zero-order valence-electron chi connectivity index (χ0n) is 11.8. The fourth-order valence-corrected chi connectivity index (χ4v) is 3.66. The molecule has 1 aromatic carbocycles. The van der Waals surface area contributed by atoms with Crippen molar-refractivity contribution in [3.05, 3.63) is 27.2 Å². The predicted molar refractivity (Wildman–Crippen MR) is 77.2 cm³/mol. The number of ether oxygens (including phenoxy) is 1. The molecule has 1 atom stereocenters. The lowest BCUT2D eigenvalue weighted by Crippen LogP contribution is -3.16. The summed E-state index contributed by atoms with van der Waals surface area (Å²) in [5.74, 6) is 1.04. The number of nitrogens with one attached hydrogen (secondary N) is 1. The number of benzene rings is 1. The Hall–Kier alpha value is -0.580. The summed E-state index contributed by atoms with van der Waals surface area (Å²) in [5, 5.41) is 0. The Bertz CT molecular complexity index is 541. The fraction of sp³-hybridized carbons (Fsp3) is 0.533. The SMILES string of the molecule is Cc1c(Br)cc2c(c1C)OCC([NH+]1CCCC1)C2=O.[Cl-]. The average Bonchev–Trinajstić information content (AvgIpc) is 2.91. The molecule has 5 heteroatoms. The maximum Gasteiger partial charge on any atom is 0.227 e. The van der Waals surface area contributed by atoms with E-state index in [-0.39, 0.29) is 24.2 Å². The molecule has 1 fully saturated rings. The second-order valence-corrected chi connectivity index (χ2v) is 6.43. The summed E-state index contributed by atoms with van der Waals surface area (Å²) in [6.45, 7) is 6.80. The van der Waals surface area contributed by atoms with Crippen LogP contribution in [0.4, 0.5) is 0 Å². The molecule has 1 unspecified atom stereocenters. The van der Waals surface area contributed by atoms with Crippen molar-refractivity contribution in [2.45, 2.75) is 32.7 Å². The first-order valence-electron chi connectivity index (χ1n) is 6.91. The molecule has 0 radical (unpaired) electrons.